The van der Waals surface area contributed by atoms with E-state index in [2.05, 4.69) is 5.32 Å². The van der Waals surface area contributed by atoms with Crippen LogP contribution in [-0.4, -0.2) is 25.0 Å². The van der Waals surface area contributed by atoms with Crippen molar-refractivity contribution in [3.8, 4) is 0 Å². The highest BCUT2D eigenvalue weighted by Gasteiger charge is 2.25. The Bertz CT molecular complexity index is 998. The number of ether oxygens (including phenoxy) is 1. The van der Waals surface area contributed by atoms with Crippen molar-refractivity contribution in [2.45, 2.75) is 12.5 Å². The third kappa shape index (κ3) is 3.95. The monoisotopic (exact) mass is 369 g/mol. The van der Waals surface area contributed by atoms with Crippen LogP contribution < -0.4 is 5.32 Å². The van der Waals surface area contributed by atoms with E-state index in [0.717, 1.165) is 28.5 Å². The van der Waals surface area contributed by atoms with E-state index < -0.39 is 35.1 Å². The fraction of sp³-hybridized carbons (Fsp3) is 0.143. The highest BCUT2D eigenvalue weighted by Crippen LogP contribution is 2.20. The lowest BCUT2D eigenvalue weighted by molar-refractivity contribution is -0.142. The maximum atomic E-state index is 13.9. The molecule has 1 N–H and O–H groups in total. The molecule has 3 aromatic rings. The minimum absolute atomic E-state index is 0.150. The number of rotatable bonds is 5. The van der Waals surface area contributed by atoms with Crippen molar-refractivity contribution in [3.05, 3.63) is 83.4 Å². The maximum absolute atomic E-state index is 13.9. The summed E-state index contributed by atoms with van der Waals surface area (Å²) in [6.45, 7) is 0. The molecule has 1 amide bonds. The standard InChI is InChI=1S/C21H17F2NO3/c1-27-21(26)18(24-20(25)16-10-5-11-17(22)19(16)23)12-14-8-4-7-13-6-2-3-9-15(13)14/h2-11,18H,12H2,1H3,(H,24,25)/t18-/m0/s1. The first-order chi connectivity index (χ1) is 13.0. The molecule has 0 saturated heterocycles. The zero-order chi connectivity index (χ0) is 19.4. The Morgan fingerprint density at radius 3 is 2.48 bits per heavy atom. The summed E-state index contributed by atoms with van der Waals surface area (Å²) in [4.78, 5) is 24.5. The zero-order valence-electron chi connectivity index (χ0n) is 14.5. The van der Waals surface area contributed by atoms with Crippen LogP contribution in [0.4, 0.5) is 8.78 Å². The maximum Gasteiger partial charge on any atom is 0.328 e. The van der Waals surface area contributed by atoms with Crippen molar-refractivity contribution in [1.29, 1.82) is 0 Å². The summed E-state index contributed by atoms with van der Waals surface area (Å²) in [5.41, 5.74) is 0.352. The molecular weight excluding hydrogens is 352 g/mol. The average molecular weight is 369 g/mol. The molecule has 3 rings (SSSR count). The first kappa shape index (κ1) is 18.5. The van der Waals surface area contributed by atoms with Crippen molar-refractivity contribution in [3.63, 3.8) is 0 Å². The number of benzene rings is 3. The number of methoxy groups -OCH3 is 1. The van der Waals surface area contributed by atoms with Crippen LogP contribution in [0, 0.1) is 11.6 Å². The number of hydrogen-bond acceptors (Lipinski definition) is 3. The van der Waals surface area contributed by atoms with E-state index in [0.29, 0.717) is 0 Å². The molecular formula is C21H17F2NO3. The van der Waals surface area contributed by atoms with Gasteiger partial charge in [0.1, 0.15) is 6.04 Å². The molecule has 3 aromatic carbocycles. The second-order valence-corrected chi connectivity index (χ2v) is 5.99. The summed E-state index contributed by atoms with van der Waals surface area (Å²) < 4.78 is 32.0. The van der Waals surface area contributed by atoms with Crippen LogP contribution in [0.15, 0.2) is 60.7 Å². The Hall–Kier alpha value is -3.28. The number of nitrogens with one attached hydrogen (secondary N) is 1. The van der Waals surface area contributed by atoms with Gasteiger partial charge in [-0.25, -0.2) is 13.6 Å². The Morgan fingerprint density at radius 2 is 1.70 bits per heavy atom. The number of carbonyl (C=O) groups is 2. The largest absolute Gasteiger partial charge is 0.467 e. The molecule has 0 bridgehead atoms. The van der Waals surface area contributed by atoms with Crippen LogP contribution in [0.3, 0.4) is 0 Å². The van der Waals surface area contributed by atoms with Gasteiger partial charge in [-0.3, -0.25) is 4.79 Å². The fourth-order valence-electron chi connectivity index (χ4n) is 2.94. The van der Waals surface area contributed by atoms with Crippen LogP contribution in [0.5, 0.6) is 0 Å². The Labute approximate surface area is 154 Å². The van der Waals surface area contributed by atoms with Crippen LogP contribution in [0.25, 0.3) is 10.8 Å². The normalized spacial score (nSPS) is 11.8. The second-order valence-electron chi connectivity index (χ2n) is 5.99. The quantitative estimate of drug-likeness (QED) is 0.699. The van der Waals surface area contributed by atoms with Gasteiger partial charge in [0.2, 0.25) is 0 Å². The average Bonchev–Trinajstić information content (AvgIpc) is 2.69. The molecule has 0 aliphatic heterocycles. The number of amides is 1. The molecule has 1 atom stereocenters. The lowest BCUT2D eigenvalue weighted by Gasteiger charge is -2.18. The molecule has 138 valence electrons. The third-order valence-corrected chi connectivity index (χ3v) is 4.29. The fourth-order valence-corrected chi connectivity index (χ4v) is 2.94. The van der Waals surface area contributed by atoms with Gasteiger partial charge in [-0.05, 0) is 28.5 Å². The van der Waals surface area contributed by atoms with Crippen molar-refractivity contribution >= 4 is 22.6 Å². The number of esters is 1. The minimum Gasteiger partial charge on any atom is -0.467 e. The highest BCUT2D eigenvalue weighted by atomic mass is 19.2. The molecule has 27 heavy (non-hydrogen) atoms. The summed E-state index contributed by atoms with van der Waals surface area (Å²) in [6.07, 6.45) is 0.150. The van der Waals surface area contributed by atoms with E-state index in [9.17, 15) is 18.4 Å². The molecule has 0 fully saturated rings. The van der Waals surface area contributed by atoms with E-state index in [4.69, 9.17) is 4.74 Å². The number of hydrogen-bond donors (Lipinski definition) is 1. The summed E-state index contributed by atoms with van der Waals surface area (Å²) in [6, 6.07) is 15.5. The zero-order valence-corrected chi connectivity index (χ0v) is 14.5. The predicted molar refractivity (Wildman–Crippen MR) is 97.3 cm³/mol. The van der Waals surface area contributed by atoms with Crippen molar-refractivity contribution in [1.82, 2.24) is 5.32 Å². The Balaban J connectivity index is 1.89. The van der Waals surface area contributed by atoms with Crippen LogP contribution >= 0.6 is 0 Å². The highest BCUT2D eigenvalue weighted by molar-refractivity contribution is 5.97. The van der Waals surface area contributed by atoms with E-state index in [-0.39, 0.29) is 6.42 Å². The molecule has 0 saturated carbocycles. The molecule has 0 heterocycles. The molecule has 4 nitrogen and oxygen atoms in total. The van der Waals surface area contributed by atoms with E-state index in [1.807, 2.05) is 42.5 Å². The van der Waals surface area contributed by atoms with Gasteiger partial charge in [-0.15, -0.1) is 0 Å². The first-order valence-corrected chi connectivity index (χ1v) is 8.30. The second kappa shape index (κ2) is 7.95. The minimum atomic E-state index is -1.26. The third-order valence-electron chi connectivity index (χ3n) is 4.29. The van der Waals surface area contributed by atoms with E-state index in [1.165, 1.54) is 13.2 Å². The first-order valence-electron chi connectivity index (χ1n) is 8.30. The lowest BCUT2D eigenvalue weighted by Crippen LogP contribution is -2.43. The lowest BCUT2D eigenvalue weighted by atomic mass is 9.98. The van der Waals surface area contributed by atoms with E-state index >= 15 is 0 Å². The van der Waals surface area contributed by atoms with Gasteiger partial charge < -0.3 is 10.1 Å². The van der Waals surface area contributed by atoms with Crippen molar-refractivity contribution in [2.75, 3.05) is 7.11 Å². The van der Waals surface area contributed by atoms with Crippen LogP contribution in [-0.2, 0) is 16.0 Å². The summed E-state index contributed by atoms with van der Waals surface area (Å²) in [5.74, 6) is -3.95. The SMILES string of the molecule is COC(=O)[C@H](Cc1cccc2ccccc12)NC(=O)c1cccc(F)c1F. The number of fused-ring (bicyclic) bond motifs is 1. The summed E-state index contributed by atoms with van der Waals surface area (Å²) in [7, 11) is 1.20. The predicted octanol–water partition coefficient (Wildman–Crippen LogP) is 3.63. The molecule has 0 unspecified atom stereocenters. The molecule has 0 aromatic heterocycles. The van der Waals surface area contributed by atoms with Gasteiger partial charge in [0, 0.05) is 6.42 Å². The van der Waals surface area contributed by atoms with Crippen LogP contribution in [0.2, 0.25) is 0 Å². The van der Waals surface area contributed by atoms with Crippen LogP contribution in [0.1, 0.15) is 15.9 Å². The number of carbonyl (C=O) groups excluding carboxylic acids is 2. The van der Waals surface area contributed by atoms with Crippen molar-refractivity contribution in [2.24, 2.45) is 0 Å². The van der Waals surface area contributed by atoms with Gasteiger partial charge in [0.15, 0.2) is 11.6 Å². The van der Waals surface area contributed by atoms with Gasteiger partial charge in [-0.1, -0.05) is 48.5 Å². The van der Waals surface area contributed by atoms with Gasteiger partial charge in [-0.2, -0.15) is 0 Å². The van der Waals surface area contributed by atoms with E-state index in [1.54, 1.807) is 0 Å². The summed E-state index contributed by atoms with van der Waals surface area (Å²) in [5, 5.41) is 4.36. The Morgan fingerprint density at radius 1 is 1.00 bits per heavy atom. The molecule has 6 heteroatoms. The Kier molecular flexibility index (Phi) is 5.45. The molecule has 0 radical (unpaired) electrons. The molecule has 0 aliphatic carbocycles. The van der Waals surface area contributed by atoms with Gasteiger partial charge >= 0.3 is 5.97 Å². The molecule has 0 aliphatic rings. The van der Waals surface area contributed by atoms with Gasteiger partial charge in [0.05, 0.1) is 12.7 Å². The topological polar surface area (TPSA) is 55.4 Å². The smallest absolute Gasteiger partial charge is 0.328 e. The molecule has 0 spiro atoms. The van der Waals surface area contributed by atoms with Gasteiger partial charge in [0.25, 0.3) is 5.91 Å². The summed E-state index contributed by atoms with van der Waals surface area (Å²) >= 11 is 0. The number of halogens is 2. The van der Waals surface area contributed by atoms with Crippen molar-refractivity contribution < 1.29 is 23.1 Å².